The second-order valence-electron chi connectivity index (χ2n) is 5.90. The Hall–Kier alpha value is -1.20. The van der Waals surface area contributed by atoms with Crippen LogP contribution in [0.3, 0.4) is 0 Å². The van der Waals surface area contributed by atoms with Gasteiger partial charge in [0.05, 0.1) is 6.61 Å². The molecule has 5 heteroatoms. The smallest absolute Gasteiger partial charge is 0.129 e. The molecule has 1 atom stereocenters. The highest BCUT2D eigenvalue weighted by atomic mass is 16.5. The summed E-state index contributed by atoms with van der Waals surface area (Å²) >= 11 is 0. The average molecular weight is 276 g/mol. The summed E-state index contributed by atoms with van der Waals surface area (Å²) in [6.45, 7) is 5.49. The predicted molar refractivity (Wildman–Crippen MR) is 78.7 cm³/mol. The summed E-state index contributed by atoms with van der Waals surface area (Å²) < 4.78 is 5.57. The van der Waals surface area contributed by atoms with E-state index in [1.54, 1.807) is 12.5 Å². The van der Waals surface area contributed by atoms with Gasteiger partial charge < -0.3 is 15.0 Å². The molecule has 2 saturated heterocycles. The van der Waals surface area contributed by atoms with E-state index in [4.69, 9.17) is 4.74 Å². The van der Waals surface area contributed by atoms with Crippen molar-refractivity contribution in [2.24, 2.45) is 5.92 Å². The number of nitrogens with zero attached hydrogens (tertiary/aromatic N) is 3. The lowest BCUT2D eigenvalue weighted by Crippen LogP contribution is -2.42. The number of anilines is 1. The van der Waals surface area contributed by atoms with Gasteiger partial charge in [-0.15, -0.1) is 0 Å². The zero-order chi connectivity index (χ0) is 13.6. The summed E-state index contributed by atoms with van der Waals surface area (Å²) in [4.78, 5) is 10.8. The molecule has 2 fully saturated rings. The van der Waals surface area contributed by atoms with Gasteiger partial charge in [-0.05, 0) is 37.7 Å². The minimum absolute atomic E-state index is 0.545. The first-order valence-electron chi connectivity index (χ1n) is 7.73. The summed E-state index contributed by atoms with van der Waals surface area (Å²) in [7, 11) is 0. The van der Waals surface area contributed by atoms with E-state index >= 15 is 0 Å². The van der Waals surface area contributed by atoms with E-state index in [2.05, 4.69) is 20.2 Å². The molecule has 1 unspecified atom stereocenters. The molecule has 0 spiro atoms. The first-order chi connectivity index (χ1) is 9.90. The molecule has 1 aromatic heterocycles. The Balaban J connectivity index is 1.40. The van der Waals surface area contributed by atoms with E-state index in [9.17, 15) is 0 Å². The molecule has 110 valence electrons. The number of hydrogen-bond donors (Lipinski definition) is 1. The molecule has 5 nitrogen and oxygen atoms in total. The van der Waals surface area contributed by atoms with E-state index in [1.807, 2.05) is 6.07 Å². The number of likely N-dealkylation sites (tertiary alicyclic amines) is 1. The van der Waals surface area contributed by atoms with Gasteiger partial charge >= 0.3 is 0 Å². The van der Waals surface area contributed by atoms with E-state index in [1.165, 1.54) is 45.3 Å². The van der Waals surface area contributed by atoms with Crippen LogP contribution in [0.5, 0.6) is 0 Å². The number of piperidine rings is 1. The van der Waals surface area contributed by atoms with E-state index in [-0.39, 0.29) is 0 Å². The van der Waals surface area contributed by atoms with Crippen molar-refractivity contribution < 1.29 is 4.74 Å². The number of ether oxygens (including phenoxy) is 1. The highest BCUT2D eigenvalue weighted by Gasteiger charge is 2.23. The van der Waals surface area contributed by atoms with E-state index < -0.39 is 0 Å². The lowest BCUT2D eigenvalue weighted by molar-refractivity contribution is 0.0351. The highest BCUT2D eigenvalue weighted by Crippen LogP contribution is 2.19. The number of hydrogen-bond acceptors (Lipinski definition) is 5. The molecule has 2 aliphatic rings. The van der Waals surface area contributed by atoms with Crippen LogP contribution < -0.4 is 5.32 Å². The van der Waals surface area contributed by atoms with Crippen LogP contribution in [0.2, 0.25) is 0 Å². The lowest BCUT2D eigenvalue weighted by atomic mass is 9.99. The Morgan fingerprint density at radius 1 is 1.30 bits per heavy atom. The van der Waals surface area contributed by atoms with Crippen molar-refractivity contribution in [2.75, 3.05) is 38.2 Å². The maximum atomic E-state index is 5.57. The largest absolute Gasteiger partial charge is 0.381 e. The van der Waals surface area contributed by atoms with Crippen LogP contribution in [-0.2, 0) is 4.74 Å². The van der Waals surface area contributed by atoms with E-state index in [0.717, 1.165) is 24.9 Å². The molecule has 0 aromatic carbocycles. The molecule has 0 bridgehead atoms. The molecular weight excluding hydrogens is 252 g/mol. The molecule has 0 aliphatic carbocycles. The van der Waals surface area contributed by atoms with Gasteiger partial charge in [-0.2, -0.15) is 0 Å². The summed E-state index contributed by atoms with van der Waals surface area (Å²) in [6.07, 6.45) is 8.33. The van der Waals surface area contributed by atoms with Crippen LogP contribution in [0.25, 0.3) is 0 Å². The molecule has 20 heavy (non-hydrogen) atoms. The Bertz CT molecular complexity index is 386. The summed E-state index contributed by atoms with van der Waals surface area (Å²) in [5.74, 6) is 1.69. The average Bonchev–Trinajstić information content (AvgIpc) is 2.51. The molecule has 1 N–H and O–H groups in total. The molecule has 2 aliphatic heterocycles. The van der Waals surface area contributed by atoms with Crippen molar-refractivity contribution in [1.82, 2.24) is 14.9 Å². The maximum absolute atomic E-state index is 5.57. The number of aromatic nitrogens is 2. The maximum Gasteiger partial charge on any atom is 0.129 e. The number of nitrogens with one attached hydrogen (secondary N) is 1. The summed E-state index contributed by atoms with van der Waals surface area (Å²) in [5.41, 5.74) is 0. The van der Waals surface area contributed by atoms with E-state index in [0.29, 0.717) is 6.04 Å². The van der Waals surface area contributed by atoms with Crippen molar-refractivity contribution in [3.63, 3.8) is 0 Å². The van der Waals surface area contributed by atoms with Gasteiger partial charge in [0, 0.05) is 38.5 Å². The first-order valence-corrected chi connectivity index (χ1v) is 7.73. The molecule has 0 saturated carbocycles. The number of rotatable bonds is 4. The van der Waals surface area contributed by atoms with Gasteiger partial charge in [-0.1, -0.05) is 0 Å². The Kier molecular flexibility index (Phi) is 4.82. The third-order valence-electron chi connectivity index (χ3n) is 4.29. The molecule has 3 heterocycles. The first kappa shape index (κ1) is 13.8. The van der Waals surface area contributed by atoms with Crippen LogP contribution in [0.15, 0.2) is 18.6 Å². The topological polar surface area (TPSA) is 50.3 Å². The summed E-state index contributed by atoms with van der Waals surface area (Å²) in [5, 5.41) is 3.50. The van der Waals surface area contributed by atoms with Crippen molar-refractivity contribution >= 4 is 5.82 Å². The fourth-order valence-electron chi connectivity index (χ4n) is 3.16. The van der Waals surface area contributed by atoms with Gasteiger partial charge in [-0.25, -0.2) is 9.97 Å². The van der Waals surface area contributed by atoms with Crippen molar-refractivity contribution in [1.29, 1.82) is 0 Å². The van der Waals surface area contributed by atoms with Crippen LogP contribution in [-0.4, -0.2) is 53.8 Å². The Labute approximate surface area is 120 Å². The second kappa shape index (κ2) is 6.99. The van der Waals surface area contributed by atoms with Gasteiger partial charge in [0.15, 0.2) is 0 Å². The minimum Gasteiger partial charge on any atom is -0.381 e. The highest BCUT2D eigenvalue weighted by molar-refractivity contribution is 5.33. The normalized spacial score (nSPS) is 25.5. The molecular formula is C15H24N4O. The van der Waals surface area contributed by atoms with Gasteiger partial charge in [0.1, 0.15) is 12.1 Å². The fraction of sp³-hybridized carbons (Fsp3) is 0.733. The third-order valence-corrected chi connectivity index (χ3v) is 4.29. The van der Waals surface area contributed by atoms with Crippen molar-refractivity contribution in [3.8, 4) is 0 Å². The van der Waals surface area contributed by atoms with Crippen LogP contribution in [0.4, 0.5) is 5.82 Å². The van der Waals surface area contributed by atoms with Gasteiger partial charge in [0.2, 0.25) is 0 Å². The molecule has 1 aromatic rings. The molecule has 0 radical (unpaired) electrons. The predicted octanol–water partition coefficient (Wildman–Crippen LogP) is 1.78. The SMILES string of the molecule is c1cc(NC2CCN(CC3CCCOC3)CC2)ncn1. The summed E-state index contributed by atoms with van der Waals surface area (Å²) in [6, 6.07) is 2.48. The van der Waals surface area contributed by atoms with Crippen LogP contribution >= 0.6 is 0 Å². The minimum atomic E-state index is 0.545. The molecule has 0 amide bonds. The molecule has 3 rings (SSSR count). The lowest BCUT2D eigenvalue weighted by Gasteiger charge is -2.35. The standard InChI is InChI=1S/C15H24N4O/c1-2-13(11-20-9-1)10-19-7-4-14(5-8-19)18-15-3-6-16-12-17-15/h3,6,12-14H,1-2,4-5,7-11H2,(H,16,17,18). The van der Waals surface area contributed by atoms with Crippen molar-refractivity contribution in [3.05, 3.63) is 18.6 Å². The Morgan fingerprint density at radius 2 is 2.20 bits per heavy atom. The quantitative estimate of drug-likeness (QED) is 0.908. The monoisotopic (exact) mass is 276 g/mol. The zero-order valence-corrected chi connectivity index (χ0v) is 12.0. The third kappa shape index (κ3) is 3.90. The van der Waals surface area contributed by atoms with Crippen molar-refractivity contribution in [2.45, 2.75) is 31.7 Å². The van der Waals surface area contributed by atoms with Gasteiger partial charge in [0.25, 0.3) is 0 Å². The van der Waals surface area contributed by atoms with Crippen LogP contribution in [0, 0.1) is 5.92 Å². The van der Waals surface area contributed by atoms with Gasteiger partial charge in [-0.3, -0.25) is 0 Å². The zero-order valence-electron chi connectivity index (χ0n) is 12.0. The Morgan fingerprint density at radius 3 is 2.90 bits per heavy atom. The van der Waals surface area contributed by atoms with Crippen LogP contribution in [0.1, 0.15) is 25.7 Å². The second-order valence-corrected chi connectivity index (χ2v) is 5.90. The fourth-order valence-corrected chi connectivity index (χ4v) is 3.16.